The molecule has 4 amide bonds. The molecule has 2 aromatic carbocycles. The van der Waals surface area contributed by atoms with Gasteiger partial charge in [0.2, 0.25) is 11.8 Å². The predicted molar refractivity (Wildman–Crippen MR) is 209 cm³/mol. The number of fused-ring (bicyclic) bond motifs is 1. The molecular formula is C41H50N8O8. The maximum absolute atomic E-state index is 13.7. The van der Waals surface area contributed by atoms with Gasteiger partial charge in [-0.3, -0.25) is 9.59 Å². The third-order valence-corrected chi connectivity index (χ3v) is 11.0. The first-order chi connectivity index (χ1) is 27.6. The number of aromatic nitrogens is 4. The van der Waals surface area contributed by atoms with Crippen molar-refractivity contribution in [3.8, 4) is 45.1 Å². The van der Waals surface area contributed by atoms with Crippen molar-refractivity contribution in [1.29, 1.82) is 0 Å². The molecule has 3 aliphatic rings. The number of carbonyl (C=O) groups excluding carboxylic acids is 4. The molecule has 16 heteroatoms. The molecule has 57 heavy (non-hydrogen) atoms. The van der Waals surface area contributed by atoms with Crippen molar-refractivity contribution in [1.82, 2.24) is 40.4 Å². The highest BCUT2D eigenvalue weighted by Crippen LogP contribution is 2.46. The number of hydrogen-bond donors (Lipinski definition) is 4. The van der Waals surface area contributed by atoms with E-state index in [1.807, 2.05) is 57.2 Å². The Morgan fingerprint density at radius 3 is 1.88 bits per heavy atom. The van der Waals surface area contributed by atoms with Crippen LogP contribution in [0.2, 0.25) is 0 Å². The largest absolute Gasteiger partial charge is 0.485 e. The summed E-state index contributed by atoms with van der Waals surface area (Å²) >= 11 is 0. The second-order valence-electron chi connectivity index (χ2n) is 14.8. The Labute approximate surface area is 331 Å². The summed E-state index contributed by atoms with van der Waals surface area (Å²) in [7, 11) is 2.56. The third-order valence-electron chi connectivity index (χ3n) is 11.0. The van der Waals surface area contributed by atoms with Gasteiger partial charge in [0.15, 0.2) is 11.5 Å². The number of likely N-dealkylation sites (tertiary alicyclic amines) is 2. The molecule has 2 fully saturated rings. The number of H-pyrrole nitrogens is 2. The average Bonchev–Trinajstić information content (AvgIpc) is 4.08. The van der Waals surface area contributed by atoms with E-state index < -0.39 is 24.3 Å². The van der Waals surface area contributed by atoms with Crippen molar-refractivity contribution in [2.75, 3.05) is 40.5 Å². The highest BCUT2D eigenvalue weighted by Gasteiger charge is 2.38. The first kappa shape index (κ1) is 39.2. The van der Waals surface area contributed by atoms with Crippen LogP contribution in [0.5, 0.6) is 11.5 Å². The number of benzene rings is 2. The van der Waals surface area contributed by atoms with Crippen LogP contribution in [0.1, 0.15) is 76.6 Å². The highest BCUT2D eigenvalue weighted by atomic mass is 16.6. The van der Waals surface area contributed by atoms with Crippen molar-refractivity contribution in [3.63, 3.8) is 0 Å². The number of alkyl carbamates (subject to hydrolysis) is 2. The highest BCUT2D eigenvalue weighted by molar-refractivity contribution is 5.87. The molecule has 2 saturated heterocycles. The van der Waals surface area contributed by atoms with Gasteiger partial charge < -0.3 is 49.3 Å². The minimum atomic E-state index is -0.721. The Bertz CT molecular complexity index is 2100. The number of nitrogens with zero attached hydrogens (tertiary/aromatic N) is 4. The molecule has 4 N–H and O–H groups in total. The number of imidazole rings is 2. The van der Waals surface area contributed by atoms with Crippen molar-refractivity contribution in [2.45, 2.75) is 77.0 Å². The first-order valence-electron chi connectivity index (χ1n) is 19.5. The molecule has 3 aliphatic heterocycles. The summed E-state index contributed by atoms with van der Waals surface area (Å²) in [5, 5.41) is 5.34. The van der Waals surface area contributed by atoms with Crippen molar-refractivity contribution >= 4 is 24.0 Å². The number of methoxy groups -OCH3 is 2. The number of nitrogens with one attached hydrogen (secondary N) is 4. The molecule has 5 heterocycles. The van der Waals surface area contributed by atoms with Crippen molar-refractivity contribution in [3.05, 3.63) is 60.4 Å². The van der Waals surface area contributed by atoms with Crippen molar-refractivity contribution in [2.24, 2.45) is 5.92 Å². The van der Waals surface area contributed by atoms with Gasteiger partial charge in [0.1, 0.15) is 36.9 Å². The van der Waals surface area contributed by atoms with Crippen LogP contribution in [0.4, 0.5) is 9.59 Å². The summed E-state index contributed by atoms with van der Waals surface area (Å²) in [4.78, 5) is 70.8. The van der Waals surface area contributed by atoms with Gasteiger partial charge in [-0.25, -0.2) is 19.6 Å². The van der Waals surface area contributed by atoms with E-state index in [1.54, 1.807) is 22.2 Å². The number of rotatable bonds is 11. The normalized spacial score (nSPS) is 18.6. The zero-order chi connectivity index (χ0) is 40.2. The Hall–Kier alpha value is -6.06. The van der Waals surface area contributed by atoms with Gasteiger partial charge in [0.25, 0.3) is 0 Å². The van der Waals surface area contributed by atoms with Crippen LogP contribution in [0, 0.1) is 5.92 Å². The molecule has 16 nitrogen and oxygen atoms in total. The van der Waals surface area contributed by atoms with Crippen LogP contribution in [-0.2, 0) is 19.1 Å². The molecule has 4 unspecified atom stereocenters. The summed E-state index contributed by atoms with van der Waals surface area (Å²) in [5.41, 5.74) is 5.10. The first-order valence-corrected chi connectivity index (χ1v) is 19.5. The monoisotopic (exact) mass is 782 g/mol. The van der Waals surface area contributed by atoms with E-state index in [1.165, 1.54) is 14.2 Å². The Kier molecular flexibility index (Phi) is 11.7. The second kappa shape index (κ2) is 17.0. The summed E-state index contributed by atoms with van der Waals surface area (Å²) in [6, 6.07) is 10.2. The molecule has 0 radical (unpaired) electrons. The van der Waals surface area contributed by atoms with Crippen LogP contribution < -0.4 is 20.1 Å². The fraction of sp³-hybridized carbons (Fsp3) is 0.463. The van der Waals surface area contributed by atoms with E-state index in [-0.39, 0.29) is 29.8 Å². The molecule has 7 rings (SSSR count). The predicted octanol–water partition coefficient (Wildman–Crippen LogP) is 5.75. The van der Waals surface area contributed by atoms with Gasteiger partial charge in [-0.1, -0.05) is 45.0 Å². The van der Waals surface area contributed by atoms with Gasteiger partial charge >= 0.3 is 12.2 Å². The topological polar surface area (TPSA) is 193 Å². The lowest BCUT2D eigenvalue weighted by Gasteiger charge is -2.30. The molecular weight excluding hydrogens is 732 g/mol. The minimum Gasteiger partial charge on any atom is -0.485 e. The zero-order valence-corrected chi connectivity index (χ0v) is 32.9. The van der Waals surface area contributed by atoms with E-state index in [9.17, 15) is 19.2 Å². The molecule has 302 valence electrons. The zero-order valence-electron chi connectivity index (χ0n) is 32.9. The lowest BCUT2D eigenvalue weighted by Crippen LogP contribution is -2.51. The average molecular weight is 783 g/mol. The molecule has 0 bridgehead atoms. The fourth-order valence-corrected chi connectivity index (χ4v) is 7.95. The number of hydrogen-bond acceptors (Lipinski definition) is 10. The lowest BCUT2D eigenvalue weighted by atomic mass is 9.98. The second-order valence-corrected chi connectivity index (χ2v) is 14.8. The van der Waals surface area contributed by atoms with Gasteiger partial charge in [0.05, 0.1) is 50.1 Å². The smallest absolute Gasteiger partial charge is 0.407 e. The van der Waals surface area contributed by atoms with E-state index in [4.69, 9.17) is 23.9 Å². The Morgan fingerprint density at radius 1 is 0.754 bits per heavy atom. The fourth-order valence-electron chi connectivity index (χ4n) is 7.95. The van der Waals surface area contributed by atoms with Gasteiger partial charge in [-0.05, 0) is 61.3 Å². The molecule has 2 aromatic heterocycles. The van der Waals surface area contributed by atoms with Crippen LogP contribution in [0.3, 0.4) is 0 Å². The van der Waals surface area contributed by atoms with E-state index >= 15 is 0 Å². The minimum absolute atomic E-state index is 0.132. The lowest BCUT2D eigenvalue weighted by molar-refractivity contribution is -0.135. The molecule has 4 aromatic rings. The molecule has 0 aliphatic carbocycles. The summed E-state index contributed by atoms with van der Waals surface area (Å²) in [6.07, 6.45) is 5.87. The quantitative estimate of drug-likeness (QED) is 0.146. The van der Waals surface area contributed by atoms with Crippen LogP contribution in [-0.4, -0.2) is 106 Å². The molecule has 4 atom stereocenters. The van der Waals surface area contributed by atoms with Crippen molar-refractivity contribution < 1.29 is 38.1 Å². The van der Waals surface area contributed by atoms with E-state index in [0.717, 1.165) is 59.3 Å². The van der Waals surface area contributed by atoms with Crippen LogP contribution >= 0.6 is 0 Å². The third kappa shape index (κ3) is 7.98. The summed E-state index contributed by atoms with van der Waals surface area (Å²) in [5.74, 6) is 2.16. The molecule has 0 saturated carbocycles. The maximum Gasteiger partial charge on any atom is 0.407 e. The Balaban J connectivity index is 1.08. The number of aromatic amines is 2. The van der Waals surface area contributed by atoms with Gasteiger partial charge in [0, 0.05) is 24.2 Å². The summed E-state index contributed by atoms with van der Waals surface area (Å²) in [6.45, 7) is 7.57. The van der Waals surface area contributed by atoms with Gasteiger partial charge in [-0.2, -0.15) is 0 Å². The number of amides is 4. The number of carbonyl (C=O) groups is 4. The van der Waals surface area contributed by atoms with Crippen LogP contribution in [0.25, 0.3) is 33.6 Å². The maximum atomic E-state index is 13.7. The van der Waals surface area contributed by atoms with E-state index in [2.05, 4.69) is 25.6 Å². The standard InChI is InChI=1S/C41H50N8O8/c1-6-28(46-40(52)54-4)38(50)48-17-7-9-31(48)36-42-21-29(44-36)25-13-11-24(12-14-25)26-15-16-27(35-34(26)56-19-20-57-35)30-22-43-37(45-30)32-10-8-18-49(32)39(51)33(23(2)3)47-41(53)55-5/h11-16,21-23,28,31-33H,6-10,17-20H2,1-5H3,(H,42,44)(H,43,45)(H,46,52)(H,47,53). The van der Waals surface area contributed by atoms with E-state index in [0.29, 0.717) is 55.9 Å². The summed E-state index contributed by atoms with van der Waals surface area (Å²) < 4.78 is 22.0. The Morgan fingerprint density at radius 2 is 1.28 bits per heavy atom. The number of ether oxygens (including phenoxy) is 4. The van der Waals surface area contributed by atoms with Crippen LogP contribution in [0.15, 0.2) is 48.8 Å². The SMILES string of the molecule is CCC(NC(=O)OC)C(=O)N1CCCC1c1ncc(-c2ccc(-c3ccc(-c4cnc(C5CCCN5C(=O)C(NC(=O)OC)C(C)C)[nH]4)c4c3OCCO4)cc2)[nH]1. The van der Waals surface area contributed by atoms with Gasteiger partial charge in [-0.15, -0.1) is 0 Å². The molecule has 0 spiro atoms.